The van der Waals surface area contributed by atoms with Crippen LogP contribution in [0.15, 0.2) is 49.2 Å². The van der Waals surface area contributed by atoms with E-state index in [-0.39, 0.29) is 0 Å². The summed E-state index contributed by atoms with van der Waals surface area (Å²) in [7, 11) is 1.94. The molecule has 1 aromatic carbocycles. The van der Waals surface area contributed by atoms with E-state index >= 15 is 0 Å². The molecule has 0 aliphatic heterocycles. The first-order valence-corrected chi connectivity index (χ1v) is 5.99. The third-order valence-corrected chi connectivity index (χ3v) is 2.96. The maximum absolute atomic E-state index is 4.14. The molecule has 0 saturated carbocycles. The predicted molar refractivity (Wildman–Crippen MR) is 71.9 cm³/mol. The van der Waals surface area contributed by atoms with Crippen LogP contribution >= 0.6 is 0 Å². The first kappa shape index (κ1) is 11.5. The molecule has 0 bridgehead atoms. The first-order valence-electron chi connectivity index (χ1n) is 5.99. The van der Waals surface area contributed by atoms with Crippen molar-refractivity contribution in [1.29, 1.82) is 0 Å². The zero-order chi connectivity index (χ0) is 13.1. The Balaban J connectivity index is 1.75. The maximum atomic E-state index is 4.14. The monoisotopic (exact) mass is 254 g/mol. The van der Waals surface area contributed by atoms with E-state index in [2.05, 4.69) is 26.7 Å². The molecule has 0 fully saturated rings. The molecule has 6 nitrogen and oxygen atoms in total. The quantitative estimate of drug-likeness (QED) is 0.768. The molecule has 0 atom stereocenters. The Labute approximate surface area is 110 Å². The lowest BCUT2D eigenvalue weighted by Gasteiger charge is -2.08. The fraction of sp³-hybridized carbons (Fsp3) is 0.154. The number of hydrogen-bond acceptors (Lipinski definition) is 4. The van der Waals surface area contributed by atoms with Gasteiger partial charge in [-0.05, 0) is 24.3 Å². The first-order chi connectivity index (χ1) is 9.33. The zero-order valence-corrected chi connectivity index (χ0v) is 10.6. The van der Waals surface area contributed by atoms with Crippen molar-refractivity contribution in [3.63, 3.8) is 0 Å². The number of nitrogens with zero attached hydrogens (tertiary/aromatic N) is 5. The second-order valence-electron chi connectivity index (χ2n) is 4.22. The van der Waals surface area contributed by atoms with Gasteiger partial charge in [-0.25, -0.2) is 0 Å². The van der Waals surface area contributed by atoms with E-state index in [1.165, 1.54) is 0 Å². The fourth-order valence-electron chi connectivity index (χ4n) is 1.88. The number of nitrogens with one attached hydrogen (secondary N) is 1. The van der Waals surface area contributed by atoms with Crippen molar-refractivity contribution in [2.24, 2.45) is 7.05 Å². The molecule has 0 aliphatic carbocycles. The van der Waals surface area contributed by atoms with Crippen molar-refractivity contribution >= 4 is 5.69 Å². The lowest BCUT2D eigenvalue weighted by atomic mass is 10.2. The third-order valence-electron chi connectivity index (χ3n) is 2.96. The molecule has 19 heavy (non-hydrogen) atoms. The predicted octanol–water partition coefficient (Wildman–Crippen LogP) is 1.61. The number of aromatic nitrogens is 5. The summed E-state index contributed by atoms with van der Waals surface area (Å²) < 4.78 is 3.73. The van der Waals surface area contributed by atoms with Crippen LogP contribution in [-0.4, -0.2) is 24.5 Å². The van der Waals surface area contributed by atoms with Crippen molar-refractivity contribution in [3.05, 3.63) is 54.9 Å². The molecule has 0 radical (unpaired) electrons. The summed E-state index contributed by atoms with van der Waals surface area (Å²) in [6, 6.07) is 10.1. The minimum Gasteiger partial charge on any atom is -0.379 e. The summed E-state index contributed by atoms with van der Waals surface area (Å²) in [5.74, 6) is 0. The summed E-state index contributed by atoms with van der Waals surface area (Å²) in [5, 5.41) is 15.1. The van der Waals surface area contributed by atoms with Crippen LogP contribution in [0, 0.1) is 0 Å². The molecular formula is C13H14N6. The van der Waals surface area contributed by atoms with Gasteiger partial charge in [0.15, 0.2) is 0 Å². The minimum absolute atomic E-state index is 0.738. The molecule has 3 aromatic rings. The van der Waals surface area contributed by atoms with Crippen molar-refractivity contribution in [2.75, 3.05) is 5.32 Å². The van der Waals surface area contributed by atoms with Gasteiger partial charge in [-0.1, -0.05) is 6.07 Å². The van der Waals surface area contributed by atoms with Crippen LogP contribution in [0.3, 0.4) is 0 Å². The summed E-state index contributed by atoms with van der Waals surface area (Å²) >= 11 is 0. The summed E-state index contributed by atoms with van der Waals surface area (Å²) in [5.41, 5.74) is 3.21. The minimum atomic E-state index is 0.738. The van der Waals surface area contributed by atoms with E-state index < -0.39 is 0 Å². The van der Waals surface area contributed by atoms with Gasteiger partial charge in [-0.3, -0.25) is 9.25 Å². The van der Waals surface area contributed by atoms with E-state index in [1.54, 1.807) is 18.9 Å². The topological polar surface area (TPSA) is 60.6 Å². The third kappa shape index (κ3) is 2.47. The van der Waals surface area contributed by atoms with Crippen LogP contribution < -0.4 is 5.32 Å². The van der Waals surface area contributed by atoms with Gasteiger partial charge in [0, 0.05) is 18.9 Å². The lowest BCUT2D eigenvalue weighted by molar-refractivity contribution is 0.720. The molecule has 1 N–H and O–H groups in total. The van der Waals surface area contributed by atoms with Gasteiger partial charge >= 0.3 is 0 Å². The standard InChI is InChI=1S/C13H14N6/c1-18-13(5-6-17-18)8-14-11-3-2-4-12(7-11)19-9-15-16-10-19/h2-7,9-10,14H,8H2,1H3. The number of benzene rings is 1. The molecule has 6 heteroatoms. The van der Waals surface area contributed by atoms with Crippen LogP contribution in [0.25, 0.3) is 5.69 Å². The van der Waals surface area contributed by atoms with Gasteiger partial charge in [0.1, 0.15) is 12.7 Å². The molecule has 2 aromatic heterocycles. The summed E-state index contributed by atoms with van der Waals surface area (Å²) in [6.45, 7) is 0.738. The van der Waals surface area contributed by atoms with Crippen molar-refractivity contribution in [1.82, 2.24) is 24.5 Å². The smallest absolute Gasteiger partial charge is 0.123 e. The number of aryl methyl sites for hydroxylation is 1. The maximum Gasteiger partial charge on any atom is 0.123 e. The van der Waals surface area contributed by atoms with E-state index in [0.717, 1.165) is 23.6 Å². The Hall–Kier alpha value is -2.63. The number of rotatable bonds is 4. The van der Waals surface area contributed by atoms with E-state index in [9.17, 15) is 0 Å². The molecule has 2 heterocycles. The van der Waals surface area contributed by atoms with Crippen LogP contribution in [0.4, 0.5) is 5.69 Å². The zero-order valence-electron chi connectivity index (χ0n) is 10.6. The number of hydrogen-bond donors (Lipinski definition) is 1. The van der Waals surface area contributed by atoms with Crippen LogP contribution in [-0.2, 0) is 13.6 Å². The average Bonchev–Trinajstić information content (AvgIpc) is 3.08. The van der Waals surface area contributed by atoms with Crippen molar-refractivity contribution in [3.8, 4) is 5.69 Å². The van der Waals surface area contributed by atoms with Crippen LogP contribution in [0.5, 0.6) is 0 Å². The highest BCUT2D eigenvalue weighted by atomic mass is 15.3. The van der Waals surface area contributed by atoms with E-state index in [1.807, 2.05) is 40.6 Å². The SMILES string of the molecule is Cn1nccc1CNc1cccc(-n2cnnc2)c1. The molecule has 96 valence electrons. The highest BCUT2D eigenvalue weighted by molar-refractivity contribution is 5.51. The van der Waals surface area contributed by atoms with Gasteiger partial charge in [0.05, 0.1) is 17.9 Å². The summed E-state index contributed by atoms with van der Waals surface area (Å²) in [6.07, 6.45) is 5.16. The highest BCUT2D eigenvalue weighted by Gasteiger charge is 2.00. The van der Waals surface area contributed by atoms with Gasteiger partial charge in [-0.15, -0.1) is 10.2 Å². The average molecular weight is 254 g/mol. The Morgan fingerprint density at radius 2 is 2.00 bits per heavy atom. The lowest BCUT2D eigenvalue weighted by Crippen LogP contribution is -2.05. The Kier molecular flexibility index (Phi) is 2.97. The Bertz CT molecular complexity index is 655. The molecular weight excluding hydrogens is 240 g/mol. The normalized spacial score (nSPS) is 10.6. The summed E-state index contributed by atoms with van der Waals surface area (Å²) in [4.78, 5) is 0. The Morgan fingerprint density at radius 1 is 1.16 bits per heavy atom. The van der Waals surface area contributed by atoms with Gasteiger partial charge in [0.2, 0.25) is 0 Å². The van der Waals surface area contributed by atoms with Crippen LogP contribution in [0.2, 0.25) is 0 Å². The van der Waals surface area contributed by atoms with Crippen molar-refractivity contribution < 1.29 is 0 Å². The van der Waals surface area contributed by atoms with Gasteiger partial charge in [-0.2, -0.15) is 5.10 Å². The largest absolute Gasteiger partial charge is 0.379 e. The molecule has 3 rings (SSSR count). The van der Waals surface area contributed by atoms with E-state index in [0.29, 0.717) is 0 Å². The van der Waals surface area contributed by atoms with Gasteiger partial charge < -0.3 is 5.32 Å². The van der Waals surface area contributed by atoms with Crippen molar-refractivity contribution in [2.45, 2.75) is 6.54 Å². The van der Waals surface area contributed by atoms with Crippen LogP contribution in [0.1, 0.15) is 5.69 Å². The Morgan fingerprint density at radius 3 is 2.74 bits per heavy atom. The molecule has 0 unspecified atom stereocenters. The fourth-order valence-corrected chi connectivity index (χ4v) is 1.88. The second kappa shape index (κ2) is 4.93. The second-order valence-corrected chi connectivity index (χ2v) is 4.22. The number of anilines is 1. The molecule has 0 spiro atoms. The molecule has 0 aliphatic rings. The molecule has 0 saturated heterocycles. The van der Waals surface area contributed by atoms with Gasteiger partial charge in [0.25, 0.3) is 0 Å². The molecule has 0 amide bonds. The highest BCUT2D eigenvalue weighted by Crippen LogP contribution is 2.14. The van der Waals surface area contributed by atoms with E-state index in [4.69, 9.17) is 0 Å².